The number of thiazole rings is 1. The molecular weight excluding hydrogens is 269 g/mol. The van der Waals surface area contributed by atoms with E-state index in [1.807, 2.05) is 13.8 Å². The topological polar surface area (TPSA) is 59.4 Å². The van der Waals surface area contributed by atoms with E-state index in [9.17, 15) is 9.18 Å². The molecule has 0 fully saturated rings. The van der Waals surface area contributed by atoms with E-state index in [-0.39, 0.29) is 17.9 Å². The van der Waals surface area contributed by atoms with Gasteiger partial charge < -0.3 is 9.84 Å². The highest BCUT2D eigenvalue weighted by Crippen LogP contribution is 2.21. The summed E-state index contributed by atoms with van der Waals surface area (Å²) >= 11 is 1.52. The highest BCUT2D eigenvalue weighted by molar-refractivity contribution is 7.11. The van der Waals surface area contributed by atoms with E-state index in [2.05, 4.69) is 4.98 Å². The first-order chi connectivity index (χ1) is 8.97. The average Bonchev–Trinajstić information content (AvgIpc) is 2.66. The largest absolute Gasteiger partial charge is 0.486 e. The number of carbonyl (C=O) groups is 1. The molecule has 6 heteroatoms. The van der Waals surface area contributed by atoms with E-state index < -0.39 is 11.8 Å². The van der Waals surface area contributed by atoms with Gasteiger partial charge in [0, 0.05) is 10.9 Å². The standard InChI is InChI=1S/C13H12FNO3S/c1-7-8(2)19-12(15-7)6-18-9-3-4-10(13(16)17)11(14)5-9/h3-5H,6H2,1-2H3,(H,16,17). The van der Waals surface area contributed by atoms with Crippen LogP contribution in [0.4, 0.5) is 4.39 Å². The van der Waals surface area contributed by atoms with Crippen molar-refractivity contribution in [1.82, 2.24) is 4.98 Å². The first-order valence-electron chi connectivity index (χ1n) is 5.56. The van der Waals surface area contributed by atoms with Gasteiger partial charge in [-0.05, 0) is 26.0 Å². The van der Waals surface area contributed by atoms with Gasteiger partial charge in [-0.25, -0.2) is 14.2 Å². The summed E-state index contributed by atoms with van der Waals surface area (Å²) in [5.74, 6) is -1.82. The SMILES string of the molecule is Cc1nc(COc2ccc(C(=O)O)c(F)c2)sc1C. The molecule has 0 spiro atoms. The van der Waals surface area contributed by atoms with Crippen LogP contribution >= 0.6 is 11.3 Å². The zero-order valence-corrected chi connectivity index (χ0v) is 11.3. The number of hydrogen-bond acceptors (Lipinski definition) is 4. The number of nitrogens with zero attached hydrogens (tertiary/aromatic N) is 1. The number of aromatic carboxylic acids is 1. The maximum Gasteiger partial charge on any atom is 0.338 e. The Hall–Kier alpha value is -1.95. The van der Waals surface area contributed by atoms with Gasteiger partial charge in [0.1, 0.15) is 23.2 Å². The Morgan fingerprint density at radius 1 is 1.47 bits per heavy atom. The molecule has 0 aliphatic rings. The third-order valence-electron chi connectivity index (χ3n) is 2.61. The molecule has 1 aromatic heterocycles. The fraction of sp³-hybridized carbons (Fsp3) is 0.231. The molecular formula is C13H12FNO3S. The Balaban J connectivity index is 2.08. The van der Waals surface area contributed by atoms with Crippen molar-refractivity contribution in [3.05, 3.63) is 45.2 Å². The second kappa shape index (κ2) is 5.36. The van der Waals surface area contributed by atoms with Crippen LogP contribution in [0.2, 0.25) is 0 Å². The van der Waals surface area contributed by atoms with Crippen LogP contribution in [0, 0.1) is 19.7 Å². The number of benzene rings is 1. The van der Waals surface area contributed by atoms with Crippen LogP contribution in [0.25, 0.3) is 0 Å². The van der Waals surface area contributed by atoms with E-state index in [4.69, 9.17) is 9.84 Å². The Kier molecular flexibility index (Phi) is 3.80. The number of aromatic nitrogens is 1. The van der Waals surface area contributed by atoms with Crippen molar-refractivity contribution in [2.24, 2.45) is 0 Å². The minimum Gasteiger partial charge on any atom is -0.486 e. The monoisotopic (exact) mass is 281 g/mol. The normalized spacial score (nSPS) is 10.5. The van der Waals surface area contributed by atoms with Crippen LogP contribution in [0.5, 0.6) is 5.75 Å². The fourth-order valence-corrected chi connectivity index (χ4v) is 2.35. The van der Waals surface area contributed by atoms with Crippen molar-refractivity contribution in [2.45, 2.75) is 20.5 Å². The molecule has 2 rings (SSSR count). The first-order valence-corrected chi connectivity index (χ1v) is 6.37. The van der Waals surface area contributed by atoms with E-state index >= 15 is 0 Å². The van der Waals surface area contributed by atoms with Gasteiger partial charge in [0.2, 0.25) is 0 Å². The van der Waals surface area contributed by atoms with Crippen LogP contribution in [0.1, 0.15) is 25.9 Å². The van der Waals surface area contributed by atoms with Crippen LogP contribution in [0.3, 0.4) is 0 Å². The highest BCUT2D eigenvalue weighted by atomic mass is 32.1. The fourth-order valence-electron chi connectivity index (χ4n) is 1.51. The maximum atomic E-state index is 13.4. The van der Waals surface area contributed by atoms with Crippen molar-refractivity contribution in [1.29, 1.82) is 0 Å². The molecule has 0 saturated heterocycles. The lowest BCUT2D eigenvalue weighted by atomic mass is 10.2. The van der Waals surface area contributed by atoms with Crippen molar-refractivity contribution < 1.29 is 19.0 Å². The van der Waals surface area contributed by atoms with E-state index in [0.29, 0.717) is 0 Å². The Bertz CT molecular complexity index is 605. The smallest absolute Gasteiger partial charge is 0.338 e. The maximum absolute atomic E-state index is 13.4. The summed E-state index contributed by atoms with van der Waals surface area (Å²) in [5, 5.41) is 9.51. The molecule has 0 bridgehead atoms. The van der Waals surface area contributed by atoms with Crippen LogP contribution in [-0.4, -0.2) is 16.1 Å². The lowest BCUT2D eigenvalue weighted by molar-refractivity contribution is 0.0692. The molecule has 0 radical (unpaired) electrons. The molecule has 1 heterocycles. The summed E-state index contributed by atoms with van der Waals surface area (Å²) in [6, 6.07) is 3.68. The number of carboxylic acid groups (broad SMARTS) is 1. The summed E-state index contributed by atoms with van der Waals surface area (Å²) < 4.78 is 18.8. The zero-order valence-electron chi connectivity index (χ0n) is 10.4. The van der Waals surface area contributed by atoms with Gasteiger partial charge in [0.15, 0.2) is 0 Å². The van der Waals surface area contributed by atoms with Gasteiger partial charge in [0.05, 0.1) is 11.3 Å². The molecule has 100 valence electrons. The van der Waals surface area contributed by atoms with Crippen LogP contribution < -0.4 is 4.74 Å². The molecule has 0 atom stereocenters. The molecule has 4 nitrogen and oxygen atoms in total. The highest BCUT2D eigenvalue weighted by Gasteiger charge is 2.11. The number of halogens is 1. The summed E-state index contributed by atoms with van der Waals surface area (Å²) in [5.41, 5.74) is 0.587. The van der Waals surface area contributed by atoms with Gasteiger partial charge in [-0.15, -0.1) is 11.3 Å². The summed E-state index contributed by atoms with van der Waals surface area (Å²) in [7, 11) is 0. The third-order valence-corrected chi connectivity index (χ3v) is 3.65. The number of hydrogen-bond donors (Lipinski definition) is 1. The molecule has 1 aromatic carbocycles. The van der Waals surface area contributed by atoms with E-state index in [0.717, 1.165) is 21.6 Å². The second-order valence-corrected chi connectivity index (χ2v) is 5.27. The summed E-state index contributed by atoms with van der Waals surface area (Å²) in [6.45, 7) is 4.12. The molecule has 0 saturated carbocycles. The molecule has 2 aromatic rings. The molecule has 19 heavy (non-hydrogen) atoms. The predicted molar refractivity (Wildman–Crippen MR) is 69.3 cm³/mol. The van der Waals surface area contributed by atoms with E-state index in [1.165, 1.54) is 23.5 Å². The number of carboxylic acids is 1. The zero-order chi connectivity index (χ0) is 14.0. The number of rotatable bonds is 4. The molecule has 1 N–H and O–H groups in total. The minimum atomic E-state index is -1.30. The minimum absolute atomic E-state index is 0.241. The molecule has 0 unspecified atom stereocenters. The third kappa shape index (κ3) is 3.08. The van der Waals surface area contributed by atoms with Gasteiger partial charge in [-0.1, -0.05) is 0 Å². The van der Waals surface area contributed by atoms with Gasteiger partial charge in [-0.2, -0.15) is 0 Å². The van der Waals surface area contributed by atoms with Crippen molar-refractivity contribution in [2.75, 3.05) is 0 Å². The molecule has 0 aliphatic heterocycles. The number of ether oxygens (including phenoxy) is 1. The quantitative estimate of drug-likeness (QED) is 0.935. The van der Waals surface area contributed by atoms with E-state index in [1.54, 1.807) is 0 Å². The van der Waals surface area contributed by atoms with Gasteiger partial charge >= 0.3 is 5.97 Å². The van der Waals surface area contributed by atoms with Gasteiger partial charge in [0.25, 0.3) is 0 Å². The lowest BCUT2D eigenvalue weighted by Crippen LogP contribution is -2.01. The van der Waals surface area contributed by atoms with Crippen molar-refractivity contribution in [3.8, 4) is 5.75 Å². The Morgan fingerprint density at radius 3 is 2.74 bits per heavy atom. The number of aryl methyl sites for hydroxylation is 2. The molecule has 0 aliphatic carbocycles. The summed E-state index contributed by atoms with van der Waals surface area (Å²) in [6.07, 6.45) is 0. The second-order valence-electron chi connectivity index (χ2n) is 3.98. The Morgan fingerprint density at radius 2 is 2.21 bits per heavy atom. The Labute approximate surface area is 113 Å². The van der Waals surface area contributed by atoms with Crippen molar-refractivity contribution >= 4 is 17.3 Å². The van der Waals surface area contributed by atoms with Crippen molar-refractivity contribution in [3.63, 3.8) is 0 Å². The predicted octanol–water partition coefficient (Wildman–Crippen LogP) is 3.18. The first kappa shape index (κ1) is 13.5. The van der Waals surface area contributed by atoms with Gasteiger partial charge in [-0.3, -0.25) is 0 Å². The van der Waals surface area contributed by atoms with Crippen LogP contribution in [-0.2, 0) is 6.61 Å². The van der Waals surface area contributed by atoms with Crippen LogP contribution in [0.15, 0.2) is 18.2 Å². The average molecular weight is 281 g/mol. The summed E-state index contributed by atoms with van der Waals surface area (Å²) in [4.78, 5) is 16.1. The molecule has 0 amide bonds. The lowest BCUT2D eigenvalue weighted by Gasteiger charge is -2.05.